The molecule has 0 radical (unpaired) electrons. The highest BCUT2D eigenvalue weighted by Gasteiger charge is 2.25. The molecule has 164 valence electrons. The van der Waals surface area contributed by atoms with Gasteiger partial charge in [-0.25, -0.2) is 18.3 Å². The van der Waals surface area contributed by atoms with Crippen LogP contribution >= 0.6 is 11.6 Å². The van der Waals surface area contributed by atoms with Crippen molar-refractivity contribution in [2.24, 2.45) is 0 Å². The topological polar surface area (TPSA) is 46.3 Å². The van der Waals surface area contributed by atoms with Crippen molar-refractivity contribution < 1.29 is 8.78 Å². The Morgan fingerprint density at radius 1 is 1.12 bits per heavy atom. The van der Waals surface area contributed by atoms with Gasteiger partial charge in [0.1, 0.15) is 18.0 Å². The summed E-state index contributed by atoms with van der Waals surface area (Å²) >= 11 is 6.22. The summed E-state index contributed by atoms with van der Waals surface area (Å²) in [5.74, 6) is 0.209. The minimum Gasteiger partial charge on any atom is -0.298 e. The molecule has 4 aromatic rings. The standard InChI is InChI=1S/C24H22ClF2N5/c1-15-9-23(32-24(30-15)28-14-29-32)17-3-2-8-31(12-17)13-18-10-16(4-7-22(18)27)20-6-5-19(26)11-21(20)25/h4-7,9-11,14,17H,2-3,8,12-13H2,1H3. The minimum atomic E-state index is -0.395. The molecule has 32 heavy (non-hydrogen) atoms. The smallest absolute Gasteiger partial charge is 0.252 e. The highest BCUT2D eigenvalue weighted by atomic mass is 35.5. The lowest BCUT2D eigenvalue weighted by atomic mass is 9.93. The number of aromatic nitrogens is 4. The SMILES string of the molecule is Cc1cc(C2CCCN(Cc3cc(-c4ccc(F)cc4Cl)ccc3F)C2)n2ncnc2n1. The van der Waals surface area contributed by atoms with E-state index in [1.165, 1.54) is 24.5 Å². The number of hydrogen-bond acceptors (Lipinski definition) is 4. The van der Waals surface area contributed by atoms with Crippen molar-refractivity contribution in [3.8, 4) is 11.1 Å². The van der Waals surface area contributed by atoms with Crippen molar-refractivity contribution in [3.05, 3.63) is 82.4 Å². The highest BCUT2D eigenvalue weighted by Crippen LogP contribution is 2.32. The summed E-state index contributed by atoms with van der Waals surface area (Å²) in [6.07, 6.45) is 3.56. The van der Waals surface area contributed by atoms with Crippen LogP contribution in [0.3, 0.4) is 0 Å². The molecule has 8 heteroatoms. The quantitative estimate of drug-likeness (QED) is 0.414. The molecule has 1 saturated heterocycles. The molecule has 1 aliphatic heterocycles. The maximum Gasteiger partial charge on any atom is 0.252 e. The van der Waals surface area contributed by atoms with E-state index >= 15 is 0 Å². The van der Waals surface area contributed by atoms with Gasteiger partial charge < -0.3 is 0 Å². The van der Waals surface area contributed by atoms with E-state index in [0.717, 1.165) is 42.9 Å². The van der Waals surface area contributed by atoms with Crippen molar-refractivity contribution in [1.82, 2.24) is 24.5 Å². The van der Waals surface area contributed by atoms with Crippen LogP contribution in [0.4, 0.5) is 8.78 Å². The van der Waals surface area contributed by atoms with Crippen molar-refractivity contribution >= 4 is 17.4 Å². The maximum atomic E-state index is 14.7. The molecule has 0 saturated carbocycles. The second-order valence-corrected chi connectivity index (χ2v) is 8.71. The summed E-state index contributed by atoms with van der Waals surface area (Å²) in [6, 6.07) is 11.3. The molecular formula is C24H22ClF2N5. The van der Waals surface area contributed by atoms with Crippen LogP contribution < -0.4 is 0 Å². The van der Waals surface area contributed by atoms with Gasteiger partial charge in [-0.15, -0.1) is 0 Å². The predicted octanol–water partition coefficient (Wildman–Crippen LogP) is 5.41. The number of aryl methyl sites for hydroxylation is 1. The van der Waals surface area contributed by atoms with E-state index in [9.17, 15) is 8.78 Å². The van der Waals surface area contributed by atoms with E-state index in [2.05, 4.69) is 26.0 Å². The summed E-state index contributed by atoms with van der Waals surface area (Å²) < 4.78 is 29.9. The van der Waals surface area contributed by atoms with Gasteiger partial charge in [-0.05, 0) is 68.3 Å². The molecule has 0 amide bonds. The predicted molar refractivity (Wildman–Crippen MR) is 120 cm³/mol. The summed E-state index contributed by atoms with van der Waals surface area (Å²) in [6.45, 7) is 4.13. The van der Waals surface area contributed by atoms with Crippen molar-refractivity contribution in [1.29, 1.82) is 0 Å². The monoisotopic (exact) mass is 453 g/mol. The van der Waals surface area contributed by atoms with E-state index in [4.69, 9.17) is 11.6 Å². The van der Waals surface area contributed by atoms with E-state index in [0.29, 0.717) is 28.5 Å². The molecule has 0 aliphatic carbocycles. The van der Waals surface area contributed by atoms with Crippen LogP contribution in [0.25, 0.3) is 16.9 Å². The van der Waals surface area contributed by atoms with Gasteiger partial charge in [0.15, 0.2) is 0 Å². The Morgan fingerprint density at radius 3 is 2.84 bits per heavy atom. The molecule has 0 N–H and O–H groups in total. The molecule has 1 aliphatic rings. The number of hydrogen-bond donors (Lipinski definition) is 0. The normalized spacial score (nSPS) is 17.2. The Hall–Kier alpha value is -2.90. The number of piperidine rings is 1. The van der Waals surface area contributed by atoms with E-state index in [1.807, 2.05) is 13.0 Å². The van der Waals surface area contributed by atoms with Gasteiger partial charge in [0.25, 0.3) is 5.78 Å². The lowest BCUT2D eigenvalue weighted by Gasteiger charge is -2.33. The zero-order valence-electron chi connectivity index (χ0n) is 17.6. The third-order valence-electron chi connectivity index (χ3n) is 6.01. The Bertz CT molecular complexity index is 1290. The lowest BCUT2D eigenvalue weighted by Crippen LogP contribution is -2.35. The zero-order chi connectivity index (χ0) is 22.2. The summed E-state index contributed by atoms with van der Waals surface area (Å²) in [5.41, 5.74) is 4.05. The van der Waals surface area contributed by atoms with Crippen LogP contribution in [-0.2, 0) is 6.54 Å². The molecule has 5 rings (SSSR count). The van der Waals surface area contributed by atoms with Crippen LogP contribution in [0, 0.1) is 18.6 Å². The first-order valence-electron chi connectivity index (χ1n) is 10.6. The third kappa shape index (κ3) is 4.10. The number of fused-ring (bicyclic) bond motifs is 1. The molecule has 1 fully saturated rings. The number of rotatable bonds is 4. The van der Waals surface area contributed by atoms with Crippen LogP contribution in [-0.4, -0.2) is 37.6 Å². The van der Waals surface area contributed by atoms with E-state index in [1.54, 1.807) is 16.6 Å². The molecular weight excluding hydrogens is 432 g/mol. The summed E-state index contributed by atoms with van der Waals surface area (Å²) in [4.78, 5) is 10.9. The fourth-order valence-corrected chi connectivity index (χ4v) is 4.79. The minimum absolute atomic E-state index is 0.257. The number of halogens is 3. The van der Waals surface area contributed by atoms with Crippen molar-refractivity contribution in [2.45, 2.75) is 32.2 Å². The molecule has 0 bridgehead atoms. The Labute approximate surface area is 189 Å². The van der Waals surface area contributed by atoms with Crippen LogP contribution in [0.15, 0.2) is 48.8 Å². The summed E-state index contributed by atoms with van der Waals surface area (Å²) in [5, 5.41) is 4.65. The number of likely N-dealkylation sites (tertiary alicyclic amines) is 1. The van der Waals surface area contributed by atoms with E-state index < -0.39 is 5.82 Å². The van der Waals surface area contributed by atoms with Gasteiger partial charge in [0.2, 0.25) is 0 Å². The van der Waals surface area contributed by atoms with Gasteiger partial charge in [-0.3, -0.25) is 4.90 Å². The van der Waals surface area contributed by atoms with Gasteiger partial charge in [-0.2, -0.15) is 10.1 Å². The Kier molecular flexibility index (Phi) is 5.61. The van der Waals surface area contributed by atoms with Crippen molar-refractivity contribution in [2.75, 3.05) is 13.1 Å². The second kappa shape index (κ2) is 8.56. The zero-order valence-corrected chi connectivity index (χ0v) is 18.4. The third-order valence-corrected chi connectivity index (χ3v) is 6.33. The van der Waals surface area contributed by atoms with Gasteiger partial charge in [0.05, 0.1) is 10.7 Å². The largest absolute Gasteiger partial charge is 0.298 e. The van der Waals surface area contributed by atoms with Crippen LogP contribution in [0.1, 0.15) is 35.7 Å². The first-order chi connectivity index (χ1) is 15.5. The molecule has 1 atom stereocenters. The molecule has 1 unspecified atom stereocenters. The molecule has 2 aromatic carbocycles. The van der Waals surface area contributed by atoms with Crippen LogP contribution in [0.2, 0.25) is 5.02 Å². The molecule has 3 heterocycles. The Morgan fingerprint density at radius 2 is 2.00 bits per heavy atom. The average molecular weight is 454 g/mol. The van der Waals surface area contributed by atoms with Gasteiger partial charge >= 0.3 is 0 Å². The fraction of sp³-hybridized carbons (Fsp3) is 0.292. The van der Waals surface area contributed by atoms with Crippen LogP contribution in [0.5, 0.6) is 0 Å². The Balaban J connectivity index is 1.40. The lowest BCUT2D eigenvalue weighted by molar-refractivity contribution is 0.195. The molecule has 0 spiro atoms. The number of benzene rings is 2. The second-order valence-electron chi connectivity index (χ2n) is 8.30. The first-order valence-corrected chi connectivity index (χ1v) is 11.0. The number of nitrogens with zero attached hydrogens (tertiary/aromatic N) is 5. The first kappa shape index (κ1) is 21.0. The molecule has 5 nitrogen and oxygen atoms in total. The highest BCUT2D eigenvalue weighted by molar-refractivity contribution is 6.33. The average Bonchev–Trinajstić information content (AvgIpc) is 3.23. The molecule has 2 aromatic heterocycles. The maximum absolute atomic E-state index is 14.7. The van der Waals surface area contributed by atoms with Crippen molar-refractivity contribution in [3.63, 3.8) is 0 Å². The fourth-order valence-electron chi connectivity index (χ4n) is 4.52. The van der Waals surface area contributed by atoms with Gasteiger partial charge in [-0.1, -0.05) is 17.7 Å². The van der Waals surface area contributed by atoms with Gasteiger partial charge in [0, 0.05) is 35.8 Å². The van der Waals surface area contributed by atoms with E-state index in [-0.39, 0.29) is 11.7 Å². The summed E-state index contributed by atoms with van der Waals surface area (Å²) in [7, 11) is 0.